The lowest BCUT2D eigenvalue weighted by Gasteiger charge is -2.18. The van der Waals surface area contributed by atoms with Crippen LogP contribution in [-0.2, 0) is 19.2 Å². The second-order valence-electron chi connectivity index (χ2n) is 12.3. The SMILES string of the molecule is CC(C)(C)C(=O)Nc1cccc(NC(=O)CCCCCCCCC(=O)Nc2cccc(NC(=O)C(C)(C)C)c2)c1. The van der Waals surface area contributed by atoms with Crippen molar-refractivity contribution in [2.75, 3.05) is 21.3 Å². The Morgan fingerprint density at radius 2 is 0.800 bits per heavy atom. The van der Waals surface area contributed by atoms with Gasteiger partial charge in [-0.2, -0.15) is 0 Å². The Labute approximate surface area is 239 Å². The molecule has 0 spiro atoms. The molecule has 8 heteroatoms. The van der Waals surface area contributed by atoms with Crippen LogP contribution < -0.4 is 21.3 Å². The summed E-state index contributed by atoms with van der Waals surface area (Å²) in [5.41, 5.74) is 1.65. The molecule has 0 aliphatic rings. The quantitative estimate of drug-likeness (QED) is 0.195. The molecule has 4 N–H and O–H groups in total. The van der Waals surface area contributed by atoms with E-state index < -0.39 is 10.8 Å². The molecule has 4 amide bonds. The van der Waals surface area contributed by atoms with Crippen LogP contribution in [0.1, 0.15) is 92.9 Å². The molecule has 0 fully saturated rings. The third-order valence-corrected chi connectivity index (χ3v) is 6.23. The zero-order valence-electron chi connectivity index (χ0n) is 24.9. The number of nitrogens with one attached hydrogen (secondary N) is 4. The van der Waals surface area contributed by atoms with Crippen LogP contribution in [0.3, 0.4) is 0 Å². The van der Waals surface area contributed by atoms with Crippen LogP contribution >= 0.6 is 0 Å². The fourth-order valence-electron chi connectivity index (χ4n) is 3.71. The maximum Gasteiger partial charge on any atom is 0.229 e. The van der Waals surface area contributed by atoms with Gasteiger partial charge in [0.2, 0.25) is 23.6 Å². The fourth-order valence-corrected chi connectivity index (χ4v) is 3.71. The number of hydrogen-bond acceptors (Lipinski definition) is 4. The smallest absolute Gasteiger partial charge is 0.229 e. The summed E-state index contributed by atoms with van der Waals surface area (Å²) in [5.74, 6) is -0.245. The predicted molar refractivity (Wildman–Crippen MR) is 163 cm³/mol. The molecule has 2 aromatic carbocycles. The molecule has 0 saturated carbocycles. The van der Waals surface area contributed by atoms with Crippen LogP contribution in [0.25, 0.3) is 0 Å². The van der Waals surface area contributed by atoms with E-state index in [9.17, 15) is 19.2 Å². The normalized spacial score (nSPS) is 11.4. The first-order valence-electron chi connectivity index (χ1n) is 14.2. The number of carbonyl (C=O) groups is 4. The molecule has 2 aromatic rings. The van der Waals surface area contributed by atoms with Crippen LogP contribution in [0.5, 0.6) is 0 Å². The van der Waals surface area contributed by atoms with Crippen LogP contribution in [0.15, 0.2) is 48.5 Å². The summed E-state index contributed by atoms with van der Waals surface area (Å²) in [6.07, 6.45) is 6.41. The predicted octanol–water partition coefficient (Wildman–Crippen LogP) is 7.35. The standard InChI is InChI=1S/C32H46N4O4/c1-31(2,3)29(39)35-25-17-13-15-23(21-25)33-27(37)19-11-9-7-8-10-12-20-28(38)34-24-16-14-18-26(22-24)36-30(40)32(4,5)6/h13-18,21-22H,7-12,19-20H2,1-6H3,(H,33,37)(H,34,38)(H,35,39)(H,36,40). The molecular formula is C32H46N4O4. The maximum atomic E-state index is 12.3. The summed E-state index contributed by atoms with van der Waals surface area (Å²) in [4.78, 5) is 49.0. The minimum atomic E-state index is -0.495. The van der Waals surface area contributed by atoms with E-state index in [1.165, 1.54) is 0 Å². The number of hydrogen-bond donors (Lipinski definition) is 4. The van der Waals surface area contributed by atoms with Gasteiger partial charge in [0.25, 0.3) is 0 Å². The first kappa shape index (κ1) is 32.5. The molecule has 218 valence electrons. The average Bonchev–Trinajstić information content (AvgIpc) is 2.85. The maximum absolute atomic E-state index is 12.3. The van der Waals surface area contributed by atoms with Crippen LogP contribution in [-0.4, -0.2) is 23.6 Å². The monoisotopic (exact) mass is 550 g/mol. The fraction of sp³-hybridized carbons (Fsp3) is 0.500. The molecule has 0 heterocycles. The van der Waals surface area contributed by atoms with Gasteiger partial charge in [-0.15, -0.1) is 0 Å². The first-order chi connectivity index (χ1) is 18.7. The Morgan fingerprint density at radius 1 is 0.500 bits per heavy atom. The molecule has 0 aliphatic carbocycles. The van der Waals surface area contributed by atoms with Gasteiger partial charge in [-0.05, 0) is 49.2 Å². The van der Waals surface area contributed by atoms with Gasteiger partial charge in [0, 0.05) is 46.4 Å². The molecule has 0 aromatic heterocycles. The van der Waals surface area contributed by atoms with E-state index in [1.807, 2.05) is 53.7 Å². The lowest BCUT2D eigenvalue weighted by atomic mass is 9.95. The van der Waals surface area contributed by atoms with Crippen molar-refractivity contribution in [2.45, 2.75) is 92.9 Å². The van der Waals surface area contributed by atoms with Crippen molar-refractivity contribution in [3.05, 3.63) is 48.5 Å². The van der Waals surface area contributed by atoms with Crippen molar-refractivity contribution in [3.8, 4) is 0 Å². The number of anilines is 4. The van der Waals surface area contributed by atoms with Crippen molar-refractivity contribution >= 4 is 46.4 Å². The molecule has 2 rings (SSSR count). The van der Waals surface area contributed by atoms with Gasteiger partial charge in [0.1, 0.15) is 0 Å². The lowest BCUT2D eigenvalue weighted by molar-refractivity contribution is -0.123. The molecule has 0 unspecified atom stereocenters. The number of carbonyl (C=O) groups excluding carboxylic acids is 4. The number of unbranched alkanes of at least 4 members (excludes halogenated alkanes) is 5. The Balaban J connectivity index is 1.58. The summed E-state index contributed by atoms with van der Waals surface area (Å²) in [6, 6.07) is 14.4. The Hall–Kier alpha value is -3.68. The zero-order chi connectivity index (χ0) is 29.8. The topological polar surface area (TPSA) is 116 Å². The molecule has 0 saturated heterocycles. The lowest BCUT2D eigenvalue weighted by Crippen LogP contribution is -2.27. The summed E-state index contributed by atoms with van der Waals surface area (Å²) >= 11 is 0. The van der Waals surface area contributed by atoms with Gasteiger partial charge in [0.05, 0.1) is 0 Å². The van der Waals surface area contributed by atoms with Gasteiger partial charge < -0.3 is 21.3 Å². The largest absolute Gasteiger partial charge is 0.326 e. The molecular weight excluding hydrogens is 504 g/mol. The van der Waals surface area contributed by atoms with Crippen molar-refractivity contribution < 1.29 is 19.2 Å². The Kier molecular flexibility index (Phi) is 12.4. The van der Waals surface area contributed by atoms with E-state index in [0.717, 1.165) is 38.5 Å². The average molecular weight is 551 g/mol. The molecule has 0 atom stereocenters. The molecule has 0 bridgehead atoms. The van der Waals surface area contributed by atoms with Gasteiger partial charge in [-0.1, -0.05) is 79.4 Å². The highest BCUT2D eigenvalue weighted by Gasteiger charge is 2.22. The number of benzene rings is 2. The summed E-state index contributed by atoms with van der Waals surface area (Å²) < 4.78 is 0. The summed E-state index contributed by atoms with van der Waals surface area (Å²) in [5, 5.41) is 11.6. The van der Waals surface area contributed by atoms with E-state index in [2.05, 4.69) is 21.3 Å². The van der Waals surface area contributed by atoms with Crippen molar-refractivity contribution in [1.82, 2.24) is 0 Å². The van der Waals surface area contributed by atoms with Gasteiger partial charge in [-0.3, -0.25) is 19.2 Å². The van der Waals surface area contributed by atoms with Crippen LogP contribution in [0.4, 0.5) is 22.7 Å². The minimum Gasteiger partial charge on any atom is -0.326 e. The van der Waals surface area contributed by atoms with Crippen LogP contribution in [0, 0.1) is 10.8 Å². The molecule has 8 nitrogen and oxygen atoms in total. The Bertz CT molecular complexity index is 1070. The Morgan fingerprint density at radius 3 is 1.12 bits per heavy atom. The molecule has 0 radical (unpaired) electrons. The van der Waals surface area contributed by atoms with Gasteiger partial charge in [0.15, 0.2) is 0 Å². The third kappa shape index (κ3) is 12.5. The van der Waals surface area contributed by atoms with Crippen molar-refractivity contribution in [3.63, 3.8) is 0 Å². The van der Waals surface area contributed by atoms with E-state index in [-0.39, 0.29) is 23.6 Å². The summed E-state index contributed by atoms with van der Waals surface area (Å²) in [7, 11) is 0. The zero-order valence-corrected chi connectivity index (χ0v) is 24.9. The second kappa shape index (κ2) is 15.2. The van der Waals surface area contributed by atoms with Gasteiger partial charge >= 0.3 is 0 Å². The summed E-state index contributed by atoms with van der Waals surface area (Å²) in [6.45, 7) is 11.1. The molecule has 0 aliphatic heterocycles. The highest BCUT2D eigenvalue weighted by molar-refractivity contribution is 5.97. The number of amides is 4. The highest BCUT2D eigenvalue weighted by Crippen LogP contribution is 2.22. The van der Waals surface area contributed by atoms with E-state index in [1.54, 1.807) is 36.4 Å². The van der Waals surface area contributed by atoms with Crippen LogP contribution in [0.2, 0.25) is 0 Å². The van der Waals surface area contributed by atoms with Crippen molar-refractivity contribution in [1.29, 1.82) is 0 Å². The highest BCUT2D eigenvalue weighted by atomic mass is 16.2. The van der Waals surface area contributed by atoms with E-state index in [0.29, 0.717) is 35.6 Å². The van der Waals surface area contributed by atoms with E-state index >= 15 is 0 Å². The minimum absolute atomic E-state index is 0.0435. The second-order valence-corrected chi connectivity index (χ2v) is 12.3. The third-order valence-electron chi connectivity index (χ3n) is 6.23. The van der Waals surface area contributed by atoms with Crippen molar-refractivity contribution in [2.24, 2.45) is 10.8 Å². The first-order valence-corrected chi connectivity index (χ1v) is 14.2. The van der Waals surface area contributed by atoms with E-state index in [4.69, 9.17) is 0 Å². The van der Waals surface area contributed by atoms with Gasteiger partial charge in [-0.25, -0.2) is 0 Å². The molecule has 40 heavy (non-hydrogen) atoms. The number of rotatable bonds is 13.